The van der Waals surface area contributed by atoms with Gasteiger partial charge in [-0.3, -0.25) is 0 Å². The number of hydrogen-bond donors (Lipinski definition) is 1. The molecule has 0 saturated carbocycles. The zero-order chi connectivity index (χ0) is 13.5. The van der Waals surface area contributed by atoms with Crippen molar-refractivity contribution in [2.75, 3.05) is 6.61 Å². The van der Waals surface area contributed by atoms with Crippen LogP contribution in [0.25, 0.3) is 6.08 Å². The standard InChI is InChI=1S/C15H14ClNO2/c16-14-10-17-15(9-13(14)11-18)19-8-4-7-12-5-2-1-3-6-12/h1-7,9-10,18H,8,11H2/b7-4+. The third-order valence-corrected chi connectivity index (χ3v) is 2.86. The van der Waals surface area contributed by atoms with Crippen LogP contribution in [0.4, 0.5) is 0 Å². The highest BCUT2D eigenvalue weighted by Gasteiger charge is 2.02. The first kappa shape index (κ1) is 13.6. The molecule has 0 unspecified atom stereocenters. The monoisotopic (exact) mass is 275 g/mol. The molecule has 0 aliphatic rings. The second-order valence-electron chi connectivity index (χ2n) is 3.90. The van der Waals surface area contributed by atoms with Crippen molar-refractivity contribution in [1.82, 2.24) is 4.98 Å². The van der Waals surface area contributed by atoms with E-state index < -0.39 is 0 Å². The zero-order valence-electron chi connectivity index (χ0n) is 10.3. The summed E-state index contributed by atoms with van der Waals surface area (Å²) in [5.74, 6) is 0.450. The van der Waals surface area contributed by atoms with E-state index in [1.807, 2.05) is 42.5 Å². The number of benzene rings is 1. The molecule has 0 bridgehead atoms. The average molecular weight is 276 g/mol. The smallest absolute Gasteiger partial charge is 0.213 e. The number of aliphatic hydroxyl groups is 1. The van der Waals surface area contributed by atoms with Crippen molar-refractivity contribution in [3.63, 3.8) is 0 Å². The van der Waals surface area contributed by atoms with Crippen LogP contribution in [0.1, 0.15) is 11.1 Å². The van der Waals surface area contributed by atoms with Crippen molar-refractivity contribution in [3.8, 4) is 5.88 Å². The lowest BCUT2D eigenvalue weighted by molar-refractivity contribution is 0.280. The van der Waals surface area contributed by atoms with E-state index in [0.717, 1.165) is 5.56 Å². The Morgan fingerprint density at radius 1 is 1.26 bits per heavy atom. The second kappa shape index (κ2) is 6.92. The molecule has 3 nitrogen and oxygen atoms in total. The first-order chi connectivity index (χ1) is 9.29. The number of aromatic nitrogens is 1. The topological polar surface area (TPSA) is 42.4 Å². The molecule has 98 valence electrons. The molecule has 0 amide bonds. The van der Waals surface area contributed by atoms with Crippen LogP contribution in [-0.2, 0) is 6.61 Å². The molecule has 4 heteroatoms. The van der Waals surface area contributed by atoms with Crippen molar-refractivity contribution < 1.29 is 9.84 Å². The van der Waals surface area contributed by atoms with Crippen LogP contribution >= 0.6 is 11.6 Å². The first-order valence-corrected chi connectivity index (χ1v) is 6.27. The summed E-state index contributed by atoms with van der Waals surface area (Å²) in [5, 5.41) is 9.52. The average Bonchev–Trinajstić information content (AvgIpc) is 2.46. The van der Waals surface area contributed by atoms with Gasteiger partial charge in [-0.25, -0.2) is 4.98 Å². The predicted molar refractivity (Wildman–Crippen MR) is 76.1 cm³/mol. The van der Waals surface area contributed by atoms with E-state index in [1.165, 1.54) is 6.20 Å². The van der Waals surface area contributed by atoms with Gasteiger partial charge < -0.3 is 9.84 Å². The zero-order valence-corrected chi connectivity index (χ0v) is 11.0. The Labute approximate surface area is 117 Å². The molecule has 0 aliphatic heterocycles. The molecule has 2 rings (SSSR count). The van der Waals surface area contributed by atoms with E-state index in [9.17, 15) is 0 Å². The number of nitrogens with zero attached hydrogens (tertiary/aromatic N) is 1. The summed E-state index contributed by atoms with van der Waals surface area (Å²) in [6.07, 6.45) is 5.36. The number of ether oxygens (including phenoxy) is 1. The number of rotatable bonds is 5. The fraction of sp³-hybridized carbons (Fsp3) is 0.133. The lowest BCUT2D eigenvalue weighted by Crippen LogP contribution is -1.97. The van der Waals surface area contributed by atoms with Gasteiger partial charge in [-0.1, -0.05) is 48.0 Å². The van der Waals surface area contributed by atoms with Gasteiger partial charge in [0.25, 0.3) is 0 Å². The lowest BCUT2D eigenvalue weighted by Gasteiger charge is -2.05. The normalized spacial score (nSPS) is 10.8. The first-order valence-electron chi connectivity index (χ1n) is 5.89. The van der Waals surface area contributed by atoms with Gasteiger partial charge in [0.05, 0.1) is 11.6 Å². The van der Waals surface area contributed by atoms with E-state index in [1.54, 1.807) is 6.07 Å². The van der Waals surface area contributed by atoms with Crippen molar-refractivity contribution in [2.45, 2.75) is 6.61 Å². The molecule has 0 spiro atoms. The van der Waals surface area contributed by atoms with Crippen LogP contribution in [0.2, 0.25) is 5.02 Å². The molecule has 0 aliphatic carbocycles. The van der Waals surface area contributed by atoms with Crippen LogP contribution in [-0.4, -0.2) is 16.7 Å². The predicted octanol–water partition coefficient (Wildman–Crippen LogP) is 3.32. The molecule has 19 heavy (non-hydrogen) atoms. The van der Waals surface area contributed by atoms with Crippen LogP contribution < -0.4 is 4.74 Å². The van der Waals surface area contributed by atoms with E-state index >= 15 is 0 Å². The van der Waals surface area contributed by atoms with Crippen LogP contribution in [0.5, 0.6) is 5.88 Å². The van der Waals surface area contributed by atoms with Gasteiger partial charge in [0.1, 0.15) is 6.61 Å². The van der Waals surface area contributed by atoms with E-state index in [0.29, 0.717) is 23.1 Å². The molecule has 1 aromatic heterocycles. The van der Waals surface area contributed by atoms with Crippen molar-refractivity contribution in [1.29, 1.82) is 0 Å². The lowest BCUT2D eigenvalue weighted by atomic mass is 10.2. The quantitative estimate of drug-likeness (QED) is 0.910. The Kier molecular flexibility index (Phi) is 4.95. The largest absolute Gasteiger partial charge is 0.473 e. The van der Waals surface area contributed by atoms with E-state index in [-0.39, 0.29) is 6.61 Å². The summed E-state index contributed by atoms with van der Waals surface area (Å²) in [4.78, 5) is 4.03. The Hall–Kier alpha value is -1.84. The van der Waals surface area contributed by atoms with Gasteiger partial charge >= 0.3 is 0 Å². The van der Waals surface area contributed by atoms with Crippen LogP contribution in [0.15, 0.2) is 48.7 Å². The number of pyridine rings is 1. The van der Waals surface area contributed by atoms with Crippen LogP contribution in [0.3, 0.4) is 0 Å². The van der Waals surface area contributed by atoms with Gasteiger partial charge in [-0.15, -0.1) is 0 Å². The Morgan fingerprint density at radius 2 is 2.05 bits per heavy atom. The van der Waals surface area contributed by atoms with Crippen LogP contribution in [0, 0.1) is 0 Å². The Morgan fingerprint density at radius 3 is 2.79 bits per heavy atom. The summed E-state index contributed by atoms with van der Waals surface area (Å²) in [6, 6.07) is 11.6. The van der Waals surface area contributed by atoms with Gasteiger partial charge in [0.2, 0.25) is 5.88 Å². The fourth-order valence-electron chi connectivity index (χ4n) is 1.54. The second-order valence-corrected chi connectivity index (χ2v) is 4.30. The van der Waals surface area contributed by atoms with Gasteiger partial charge in [-0.05, 0) is 11.6 Å². The highest BCUT2D eigenvalue weighted by atomic mass is 35.5. The molecule has 1 aromatic carbocycles. The maximum Gasteiger partial charge on any atom is 0.213 e. The van der Waals surface area contributed by atoms with E-state index in [4.69, 9.17) is 21.4 Å². The molecule has 0 saturated heterocycles. The molecule has 1 N–H and O–H groups in total. The molecular weight excluding hydrogens is 262 g/mol. The fourth-order valence-corrected chi connectivity index (χ4v) is 1.70. The third-order valence-electron chi connectivity index (χ3n) is 2.52. The van der Waals surface area contributed by atoms with Crippen molar-refractivity contribution >= 4 is 17.7 Å². The minimum Gasteiger partial charge on any atom is -0.473 e. The third kappa shape index (κ3) is 4.09. The molecule has 0 radical (unpaired) electrons. The summed E-state index contributed by atoms with van der Waals surface area (Å²) >= 11 is 5.85. The van der Waals surface area contributed by atoms with Gasteiger partial charge in [0.15, 0.2) is 0 Å². The van der Waals surface area contributed by atoms with Gasteiger partial charge in [-0.2, -0.15) is 0 Å². The van der Waals surface area contributed by atoms with Crippen molar-refractivity contribution in [2.24, 2.45) is 0 Å². The molecule has 0 fully saturated rings. The summed E-state index contributed by atoms with van der Waals surface area (Å²) < 4.78 is 5.46. The highest BCUT2D eigenvalue weighted by Crippen LogP contribution is 2.19. The highest BCUT2D eigenvalue weighted by molar-refractivity contribution is 6.31. The van der Waals surface area contributed by atoms with Crippen molar-refractivity contribution in [3.05, 3.63) is 64.8 Å². The summed E-state index contributed by atoms with van der Waals surface area (Å²) in [7, 11) is 0. The molecular formula is C15H14ClNO2. The minimum atomic E-state index is -0.127. The molecule has 2 aromatic rings. The number of halogens is 1. The Balaban J connectivity index is 1.91. The summed E-state index contributed by atoms with van der Waals surface area (Å²) in [6.45, 7) is 0.284. The maximum atomic E-state index is 9.08. The number of hydrogen-bond acceptors (Lipinski definition) is 3. The minimum absolute atomic E-state index is 0.127. The van der Waals surface area contributed by atoms with E-state index in [2.05, 4.69) is 4.98 Å². The maximum absolute atomic E-state index is 9.08. The molecule has 1 heterocycles. The summed E-state index contributed by atoms with van der Waals surface area (Å²) in [5.41, 5.74) is 1.73. The number of aliphatic hydroxyl groups excluding tert-OH is 1. The SMILES string of the molecule is OCc1cc(OC/C=C/c2ccccc2)ncc1Cl. The molecule has 0 atom stereocenters. The Bertz CT molecular complexity index is 555. The van der Waals surface area contributed by atoms with Gasteiger partial charge in [0, 0.05) is 17.8 Å².